The second-order valence-corrected chi connectivity index (χ2v) is 5.69. The SMILES string of the molecule is CC1=CCC(NC(=O)OC(C)(C)C)[C@@H](C(=O)O)C1. The molecule has 1 amide bonds. The van der Waals surface area contributed by atoms with E-state index in [2.05, 4.69) is 5.32 Å². The Hall–Kier alpha value is -1.52. The highest BCUT2D eigenvalue weighted by molar-refractivity contribution is 5.74. The summed E-state index contributed by atoms with van der Waals surface area (Å²) < 4.78 is 5.13. The maximum atomic E-state index is 11.6. The lowest BCUT2D eigenvalue weighted by molar-refractivity contribution is -0.142. The smallest absolute Gasteiger partial charge is 0.407 e. The molecule has 0 aromatic heterocycles. The second-order valence-electron chi connectivity index (χ2n) is 5.69. The van der Waals surface area contributed by atoms with Crippen LogP contribution in [0.3, 0.4) is 0 Å². The molecule has 0 spiro atoms. The summed E-state index contributed by atoms with van der Waals surface area (Å²) >= 11 is 0. The van der Waals surface area contributed by atoms with E-state index in [1.807, 2.05) is 13.0 Å². The molecule has 2 atom stereocenters. The van der Waals surface area contributed by atoms with Gasteiger partial charge in [0.25, 0.3) is 0 Å². The first-order valence-electron chi connectivity index (χ1n) is 6.07. The molecule has 0 aromatic rings. The lowest BCUT2D eigenvalue weighted by Crippen LogP contribution is -2.46. The number of carbonyl (C=O) groups excluding carboxylic acids is 1. The molecule has 1 rings (SSSR count). The predicted molar refractivity (Wildman–Crippen MR) is 67.3 cm³/mol. The largest absolute Gasteiger partial charge is 0.481 e. The topological polar surface area (TPSA) is 75.6 Å². The maximum Gasteiger partial charge on any atom is 0.407 e. The monoisotopic (exact) mass is 255 g/mol. The number of rotatable bonds is 2. The minimum Gasteiger partial charge on any atom is -0.481 e. The van der Waals surface area contributed by atoms with Crippen molar-refractivity contribution < 1.29 is 19.4 Å². The van der Waals surface area contributed by atoms with Crippen LogP contribution in [0, 0.1) is 5.92 Å². The van der Waals surface area contributed by atoms with Gasteiger partial charge in [-0.2, -0.15) is 0 Å². The van der Waals surface area contributed by atoms with Gasteiger partial charge in [0, 0.05) is 6.04 Å². The van der Waals surface area contributed by atoms with E-state index in [1.54, 1.807) is 20.8 Å². The zero-order valence-corrected chi connectivity index (χ0v) is 11.3. The third kappa shape index (κ3) is 4.39. The minimum absolute atomic E-state index is 0.402. The van der Waals surface area contributed by atoms with Gasteiger partial charge in [-0.15, -0.1) is 0 Å². The van der Waals surface area contributed by atoms with Crippen molar-refractivity contribution in [2.24, 2.45) is 5.92 Å². The molecule has 1 unspecified atom stereocenters. The van der Waals surface area contributed by atoms with E-state index >= 15 is 0 Å². The Morgan fingerprint density at radius 2 is 2.06 bits per heavy atom. The number of alkyl carbamates (subject to hydrolysis) is 1. The van der Waals surface area contributed by atoms with Crippen LogP contribution < -0.4 is 5.32 Å². The number of hydrogen-bond donors (Lipinski definition) is 2. The normalized spacial score (nSPS) is 24.1. The summed E-state index contributed by atoms with van der Waals surface area (Å²) in [5.74, 6) is -1.47. The summed E-state index contributed by atoms with van der Waals surface area (Å²) in [6.45, 7) is 7.21. The van der Waals surface area contributed by atoms with E-state index in [0.29, 0.717) is 12.8 Å². The second kappa shape index (κ2) is 5.42. The van der Waals surface area contributed by atoms with Gasteiger partial charge in [0.2, 0.25) is 0 Å². The molecule has 0 fully saturated rings. The number of allylic oxidation sites excluding steroid dienone is 1. The van der Waals surface area contributed by atoms with Gasteiger partial charge in [-0.25, -0.2) is 4.79 Å². The third-order valence-electron chi connectivity index (χ3n) is 2.77. The van der Waals surface area contributed by atoms with Gasteiger partial charge in [0.15, 0.2) is 0 Å². The summed E-state index contributed by atoms with van der Waals surface area (Å²) in [6, 6.07) is -0.402. The number of ether oxygens (including phenoxy) is 1. The van der Waals surface area contributed by atoms with Crippen LogP contribution in [0.5, 0.6) is 0 Å². The lowest BCUT2D eigenvalue weighted by Gasteiger charge is -2.29. The van der Waals surface area contributed by atoms with Gasteiger partial charge in [-0.05, 0) is 40.5 Å². The Balaban J connectivity index is 2.65. The van der Waals surface area contributed by atoms with E-state index in [4.69, 9.17) is 9.84 Å². The molecule has 5 nitrogen and oxygen atoms in total. The zero-order chi connectivity index (χ0) is 13.9. The number of amides is 1. The summed E-state index contributed by atoms with van der Waals surface area (Å²) in [4.78, 5) is 22.8. The molecule has 0 saturated heterocycles. The molecule has 5 heteroatoms. The van der Waals surface area contributed by atoms with Crippen LogP contribution >= 0.6 is 0 Å². The van der Waals surface area contributed by atoms with Crippen LogP contribution in [-0.2, 0) is 9.53 Å². The van der Waals surface area contributed by atoms with Crippen molar-refractivity contribution in [1.82, 2.24) is 5.32 Å². The van der Waals surface area contributed by atoms with E-state index < -0.39 is 29.6 Å². The van der Waals surface area contributed by atoms with E-state index in [9.17, 15) is 9.59 Å². The van der Waals surface area contributed by atoms with Crippen molar-refractivity contribution in [1.29, 1.82) is 0 Å². The molecule has 0 heterocycles. The summed E-state index contributed by atoms with van der Waals surface area (Å²) in [6.07, 6.45) is 2.39. The van der Waals surface area contributed by atoms with E-state index in [1.165, 1.54) is 0 Å². The summed E-state index contributed by atoms with van der Waals surface area (Å²) in [7, 11) is 0. The Labute approximate surface area is 107 Å². The van der Waals surface area contributed by atoms with Crippen LogP contribution in [0.2, 0.25) is 0 Å². The highest BCUT2D eigenvalue weighted by Crippen LogP contribution is 2.24. The van der Waals surface area contributed by atoms with Crippen LogP contribution in [0.25, 0.3) is 0 Å². The molecular weight excluding hydrogens is 234 g/mol. The molecule has 0 aromatic carbocycles. The number of carboxylic acid groups (broad SMARTS) is 1. The Morgan fingerprint density at radius 3 is 2.56 bits per heavy atom. The van der Waals surface area contributed by atoms with Crippen molar-refractivity contribution in [3.8, 4) is 0 Å². The van der Waals surface area contributed by atoms with Crippen molar-refractivity contribution in [3.05, 3.63) is 11.6 Å². The first-order valence-corrected chi connectivity index (χ1v) is 6.07. The number of carbonyl (C=O) groups is 2. The van der Waals surface area contributed by atoms with Gasteiger partial charge in [0.05, 0.1) is 5.92 Å². The fourth-order valence-corrected chi connectivity index (χ4v) is 1.94. The molecule has 0 radical (unpaired) electrons. The number of nitrogens with one attached hydrogen (secondary N) is 1. The highest BCUT2D eigenvalue weighted by Gasteiger charge is 2.32. The predicted octanol–water partition coefficient (Wildman–Crippen LogP) is 2.32. The van der Waals surface area contributed by atoms with Crippen molar-refractivity contribution >= 4 is 12.1 Å². The van der Waals surface area contributed by atoms with Gasteiger partial charge < -0.3 is 15.2 Å². The van der Waals surface area contributed by atoms with Gasteiger partial charge >= 0.3 is 12.1 Å². The molecule has 0 saturated carbocycles. The fraction of sp³-hybridized carbons (Fsp3) is 0.692. The van der Waals surface area contributed by atoms with Crippen LogP contribution in [0.4, 0.5) is 4.79 Å². The standard InChI is InChI=1S/C13H21NO4/c1-8-5-6-10(9(7-8)11(15)16)14-12(17)18-13(2,3)4/h5,9-10H,6-7H2,1-4H3,(H,14,17)(H,15,16)/t9-,10?/m0/s1. The molecular formula is C13H21NO4. The average Bonchev–Trinajstić information content (AvgIpc) is 2.17. The minimum atomic E-state index is -0.886. The lowest BCUT2D eigenvalue weighted by atomic mass is 9.85. The quantitative estimate of drug-likeness (QED) is 0.742. The molecule has 18 heavy (non-hydrogen) atoms. The van der Waals surface area contributed by atoms with Gasteiger partial charge in [-0.3, -0.25) is 4.79 Å². The molecule has 1 aliphatic rings. The van der Waals surface area contributed by atoms with Gasteiger partial charge in [0.1, 0.15) is 5.60 Å². The first-order chi connectivity index (χ1) is 8.19. The van der Waals surface area contributed by atoms with Crippen molar-refractivity contribution in [3.63, 3.8) is 0 Å². The highest BCUT2D eigenvalue weighted by atomic mass is 16.6. The van der Waals surface area contributed by atoms with Crippen molar-refractivity contribution in [2.45, 2.75) is 52.2 Å². The fourth-order valence-electron chi connectivity index (χ4n) is 1.94. The van der Waals surface area contributed by atoms with E-state index in [0.717, 1.165) is 5.57 Å². The number of carboxylic acids is 1. The van der Waals surface area contributed by atoms with Crippen molar-refractivity contribution in [2.75, 3.05) is 0 Å². The summed E-state index contributed by atoms with van der Waals surface area (Å²) in [5, 5.41) is 11.8. The Kier molecular flexibility index (Phi) is 4.38. The number of hydrogen-bond acceptors (Lipinski definition) is 3. The third-order valence-corrected chi connectivity index (χ3v) is 2.77. The number of aliphatic carboxylic acids is 1. The maximum absolute atomic E-state index is 11.6. The molecule has 1 aliphatic carbocycles. The first kappa shape index (κ1) is 14.5. The van der Waals surface area contributed by atoms with E-state index in [-0.39, 0.29) is 0 Å². The molecule has 2 N–H and O–H groups in total. The molecule has 0 aliphatic heterocycles. The average molecular weight is 255 g/mol. The zero-order valence-electron chi connectivity index (χ0n) is 11.3. The van der Waals surface area contributed by atoms with Crippen LogP contribution in [-0.4, -0.2) is 28.8 Å². The van der Waals surface area contributed by atoms with Crippen LogP contribution in [0.15, 0.2) is 11.6 Å². The Bertz CT molecular complexity index is 368. The molecule has 0 bridgehead atoms. The van der Waals surface area contributed by atoms with Gasteiger partial charge in [-0.1, -0.05) is 11.6 Å². The van der Waals surface area contributed by atoms with Crippen LogP contribution in [0.1, 0.15) is 40.5 Å². The summed E-state index contributed by atoms with van der Waals surface area (Å²) in [5.41, 5.74) is 0.466. The molecule has 102 valence electrons. The Morgan fingerprint density at radius 1 is 1.44 bits per heavy atom.